The van der Waals surface area contributed by atoms with Gasteiger partial charge in [0.15, 0.2) is 0 Å². The Morgan fingerprint density at radius 3 is 2.71 bits per heavy atom. The lowest BCUT2D eigenvalue weighted by Crippen LogP contribution is -2.62. The Balaban J connectivity index is 1.94. The third-order valence-electron chi connectivity index (χ3n) is 3.19. The van der Waals surface area contributed by atoms with Gasteiger partial charge in [-0.15, -0.1) is 0 Å². The summed E-state index contributed by atoms with van der Waals surface area (Å²) in [6.45, 7) is 7.08. The quantitative estimate of drug-likeness (QED) is 0.696. The first-order valence-electron chi connectivity index (χ1n) is 5.73. The minimum absolute atomic E-state index is 0.209. The maximum atomic E-state index is 8.97. The number of hydrogen-bond acceptors (Lipinski definition) is 3. The summed E-state index contributed by atoms with van der Waals surface area (Å²) < 4.78 is 0. The maximum absolute atomic E-state index is 8.97. The average Bonchev–Trinajstić information content (AvgIpc) is 2.83. The first kappa shape index (κ1) is 10.4. The molecule has 3 heteroatoms. The van der Waals surface area contributed by atoms with Crippen LogP contribution in [-0.2, 0) is 0 Å². The van der Waals surface area contributed by atoms with E-state index in [2.05, 4.69) is 24.1 Å². The van der Waals surface area contributed by atoms with Crippen molar-refractivity contribution in [1.29, 1.82) is 0 Å². The maximum Gasteiger partial charge on any atom is 0.0446 e. The summed E-state index contributed by atoms with van der Waals surface area (Å²) >= 11 is 0. The minimum atomic E-state index is 0.209. The van der Waals surface area contributed by atoms with Crippen molar-refractivity contribution in [2.75, 3.05) is 19.7 Å². The molecule has 2 fully saturated rings. The highest BCUT2D eigenvalue weighted by Gasteiger charge is 2.38. The number of nitrogens with one attached hydrogen (secondary N) is 1. The fraction of sp³-hybridized carbons (Fsp3) is 1.00. The van der Waals surface area contributed by atoms with Crippen LogP contribution in [0.25, 0.3) is 0 Å². The number of piperazine rings is 1. The Morgan fingerprint density at radius 2 is 2.14 bits per heavy atom. The van der Waals surface area contributed by atoms with Gasteiger partial charge in [-0.2, -0.15) is 0 Å². The SMILES string of the molecule is CC1(C)CN(C2CC2)CC(CCO)N1. The van der Waals surface area contributed by atoms with E-state index in [9.17, 15) is 0 Å². The lowest BCUT2D eigenvalue weighted by atomic mass is 9.97. The predicted octanol–water partition coefficient (Wildman–Crippen LogP) is 0.584. The molecule has 1 saturated carbocycles. The van der Waals surface area contributed by atoms with Gasteiger partial charge >= 0.3 is 0 Å². The molecule has 0 radical (unpaired) electrons. The molecule has 1 aliphatic carbocycles. The van der Waals surface area contributed by atoms with Crippen molar-refractivity contribution >= 4 is 0 Å². The van der Waals surface area contributed by atoms with E-state index in [1.165, 1.54) is 12.8 Å². The second kappa shape index (κ2) is 3.80. The van der Waals surface area contributed by atoms with Crippen molar-refractivity contribution in [3.8, 4) is 0 Å². The molecule has 1 unspecified atom stereocenters. The van der Waals surface area contributed by atoms with Gasteiger partial charge in [0, 0.05) is 37.3 Å². The average molecular weight is 198 g/mol. The summed E-state index contributed by atoms with van der Waals surface area (Å²) in [6, 6.07) is 1.32. The monoisotopic (exact) mass is 198 g/mol. The van der Waals surface area contributed by atoms with E-state index in [1.54, 1.807) is 0 Å². The highest BCUT2D eigenvalue weighted by Crippen LogP contribution is 2.30. The molecule has 82 valence electrons. The smallest absolute Gasteiger partial charge is 0.0446 e. The van der Waals surface area contributed by atoms with E-state index in [0.29, 0.717) is 12.6 Å². The Hall–Kier alpha value is -0.120. The van der Waals surface area contributed by atoms with Crippen molar-refractivity contribution < 1.29 is 5.11 Å². The largest absolute Gasteiger partial charge is 0.396 e. The van der Waals surface area contributed by atoms with Crippen molar-refractivity contribution in [2.45, 2.75) is 50.7 Å². The summed E-state index contributed by atoms with van der Waals surface area (Å²) in [5.74, 6) is 0. The molecule has 14 heavy (non-hydrogen) atoms. The van der Waals surface area contributed by atoms with Crippen LogP contribution in [0.5, 0.6) is 0 Å². The number of hydrogen-bond donors (Lipinski definition) is 2. The molecule has 1 atom stereocenters. The molecule has 3 nitrogen and oxygen atoms in total. The number of aliphatic hydroxyl groups is 1. The topological polar surface area (TPSA) is 35.5 Å². The van der Waals surface area contributed by atoms with Gasteiger partial charge in [-0.1, -0.05) is 0 Å². The van der Waals surface area contributed by atoms with Gasteiger partial charge < -0.3 is 10.4 Å². The lowest BCUT2D eigenvalue weighted by molar-refractivity contribution is 0.0977. The Bertz CT molecular complexity index is 201. The molecule has 1 aliphatic heterocycles. The first-order valence-corrected chi connectivity index (χ1v) is 5.73. The Kier molecular flexibility index (Phi) is 2.82. The summed E-state index contributed by atoms with van der Waals surface area (Å²) in [6.07, 6.45) is 3.64. The van der Waals surface area contributed by atoms with Crippen LogP contribution in [0.4, 0.5) is 0 Å². The van der Waals surface area contributed by atoms with Crippen LogP contribution in [0.3, 0.4) is 0 Å². The molecule has 1 saturated heterocycles. The first-order chi connectivity index (χ1) is 6.61. The van der Waals surface area contributed by atoms with Crippen molar-refractivity contribution in [3.05, 3.63) is 0 Å². The molecule has 0 amide bonds. The molecule has 0 aromatic heterocycles. The number of rotatable bonds is 3. The van der Waals surface area contributed by atoms with Gasteiger partial charge in [0.25, 0.3) is 0 Å². The van der Waals surface area contributed by atoms with Crippen LogP contribution >= 0.6 is 0 Å². The second-order valence-electron chi connectivity index (χ2n) is 5.40. The zero-order valence-corrected chi connectivity index (χ0v) is 9.29. The Labute approximate surface area is 86.5 Å². The van der Waals surface area contributed by atoms with E-state index in [0.717, 1.165) is 25.6 Å². The van der Waals surface area contributed by atoms with Crippen LogP contribution in [0.2, 0.25) is 0 Å². The zero-order chi connectivity index (χ0) is 10.2. The van der Waals surface area contributed by atoms with E-state index in [-0.39, 0.29) is 5.54 Å². The van der Waals surface area contributed by atoms with E-state index < -0.39 is 0 Å². The van der Waals surface area contributed by atoms with Crippen LogP contribution in [0.15, 0.2) is 0 Å². The van der Waals surface area contributed by atoms with Gasteiger partial charge in [-0.25, -0.2) is 0 Å². The van der Waals surface area contributed by atoms with Gasteiger partial charge in [0.05, 0.1) is 0 Å². The van der Waals surface area contributed by atoms with E-state index in [1.807, 2.05) is 0 Å². The lowest BCUT2D eigenvalue weighted by Gasteiger charge is -2.44. The van der Waals surface area contributed by atoms with Crippen molar-refractivity contribution in [3.63, 3.8) is 0 Å². The van der Waals surface area contributed by atoms with Crippen LogP contribution in [0.1, 0.15) is 33.1 Å². The molecular formula is C11H22N2O. The molecule has 0 spiro atoms. The molecule has 0 aromatic rings. The van der Waals surface area contributed by atoms with Gasteiger partial charge in [-0.05, 0) is 33.1 Å². The second-order valence-corrected chi connectivity index (χ2v) is 5.40. The van der Waals surface area contributed by atoms with Gasteiger partial charge in [0.1, 0.15) is 0 Å². The third-order valence-corrected chi connectivity index (χ3v) is 3.19. The molecule has 2 N–H and O–H groups in total. The predicted molar refractivity (Wildman–Crippen MR) is 57.3 cm³/mol. The Morgan fingerprint density at radius 1 is 1.43 bits per heavy atom. The van der Waals surface area contributed by atoms with Crippen molar-refractivity contribution in [1.82, 2.24) is 10.2 Å². The van der Waals surface area contributed by atoms with E-state index in [4.69, 9.17) is 5.11 Å². The molecule has 0 bridgehead atoms. The third kappa shape index (κ3) is 2.47. The highest BCUT2D eigenvalue weighted by atomic mass is 16.3. The number of nitrogens with zero attached hydrogens (tertiary/aromatic N) is 1. The minimum Gasteiger partial charge on any atom is -0.396 e. The summed E-state index contributed by atoms with van der Waals surface area (Å²) in [5.41, 5.74) is 0.209. The van der Waals surface area contributed by atoms with Gasteiger partial charge in [-0.3, -0.25) is 4.90 Å². The molecule has 2 rings (SSSR count). The van der Waals surface area contributed by atoms with Crippen molar-refractivity contribution in [2.24, 2.45) is 0 Å². The molecular weight excluding hydrogens is 176 g/mol. The number of aliphatic hydroxyl groups excluding tert-OH is 1. The molecule has 0 aromatic carbocycles. The summed E-state index contributed by atoms with van der Waals surface area (Å²) in [4.78, 5) is 2.59. The fourth-order valence-electron chi connectivity index (χ4n) is 2.54. The summed E-state index contributed by atoms with van der Waals surface area (Å²) in [7, 11) is 0. The van der Waals surface area contributed by atoms with E-state index >= 15 is 0 Å². The zero-order valence-electron chi connectivity index (χ0n) is 9.29. The van der Waals surface area contributed by atoms with Crippen LogP contribution in [-0.4, -0.2) is 47.3 Å². The van der Waals surface area contributed by atoms with Crippen LogP contribution < -0.4 is 5.32 Å². The van der Waals surface area contributed by atoms with Gasteiger partial charge in [0.2, 0.25) is 0 Å². The molecule has 2 aliphatic rings. The van der Waals surface area contributed by atoms with Crippen LogP contribution in [0, 0.1) is 0 Å². The normalized spacial score (nSPS) is 33.2. The fourth-order valence-corrected chi connectivity index (χ4v) is 2.54. The standard InChI is InChI=1S/C11H22N2O/c1-11(2)8-13(10-3-4-10)7-9(12-11)5-6-14/h9-10,12,14H,3-8H2,1-2H3. The highest BCUT2D eigenvalue weighted by molar-refractivity contribution is 4.97. The summed E-state index contributed by atoms with van der Waals surface area (Å²) in [5, 5.41) is 12.6. The molecule has 1 heterocycles.